The third-order valence-corrected chi connectivity index (χ3v) is 3.74. The van der Waals surface area contributed by atoms with Crippen molar-refractivity contribution in [3.05, 3.63) is 35.9 Å². The molecule has 124 valence electrons. The molecule has 0 saturated heterocycles. The van der Waals surface area contributed by atoms with Crippen LogP contribution in [0.4, 0.5) is 0 Å². The Bertz CT molecular complexity index is 555. The van der Waals surface area contributed by atoms with Gasteiger partial charge >= 0.3 is 5.97 Å². The zero-order valence-corrected chi connectivity index (χ0v) is 13.0. The van der Waals surface area contributed by atoms with Crippen molar-refractivity contribution >= 4 is 17.8 Å². The van der Waals surface area contributed by atoms with Crippen molar-refractivity contribution in [1.82, 2.24) is 10.6 Å². The molecule has 3 N–H and O–H groups in total. The molecular weight excluding hydrogens is 296 g/mol. The molecule has 1 aromatic rings. The van der Waals surface area contributed by atoms with Crippen molar-refractivity contribution < 1.29 is 19.5 Å². The Morgan fingerprint density at radius 2 is 1.87 bits per heavy atom. The molecule has 1 aliphatic carbocycles. The van der Waals surface area contributed by atoms with Crippen molar-refractivity contribution in [1.29, 1.82) is 0 Å². The lowest BCUT2D eigenvalue weighted by atomic mass is 10.1. The summed E-state index contributed by atoms with van der Waals surface area (Å²) in [6, 6.07) is 8.24. The molecule has 0 aromatic heterocycles. The number of carboxylic acid groups (broad SMARTS) is 1. The highest BCUT2D eigenvalue weighted by atomic mass is 16.4. The summed E-state index contributed by atoms with van der Waals surface area (Å²) in [5, 5.41) is 14.5. The maximum Gasteiger partial charge on any atom is 0.326 e. The third kappa shape index (κ3) is 6.10. The Labute approximate surface area is 135 Å². The van der Waals surface area contributed by atoms with Gasteiger partial charge in [-0.25, -0.2) is 4.79 Å². The van der Waals surface area contributed by atoms with E-state index >= 15 is 0 Å². The summed E-state index contributed by atoms with van der Waals surface area (Å²) < 4.78 is 0. The van der Waals surface area contributed by atoms with Gasteiger partial charge in [0.25, 0.3) is 0 Å². The van der Waals surface area contributed by atoms with Gasteiger partial charge in [-0.05, 0) is 24.8 Å². The SMILES string of the molecule is O=C(CCCNC(=O)C1CC1)N[C@@H](Cc1ccccc1)C(=O)O. The van der Waals surface area contributed by atoms with Crippen molar-refractivity contribution in [2.45, 2.75) is 38.1 Å². The van der Waals surface area contributed by atoms with Crippen LogP contribution in [0.3, 0.4) is 0 Å². The van der Waals surface area contributed by atoms with E-state index in [-0.39, 0.29) is 30.6 Å². The van der Waals surface area contributed by atoms with E-state index in [1.54, 1.807) is 0 Å². The van der Waals surface area contributed by atoms with Crippen LogP contribution in [0, 0.1) is 5.92 Å². The number of aliphatic carboxylic acids is 1. The molecule has 1 saturated carbocycles. The number of rotatable bonds is 9. The number of carbonyl (C=O) groups excluding carboxylic acids is 2. The molecule has 0 heterocycles. The summed E-state index contributed by atoms with van der Waals surface area (Å²) >= 11 is 0. The normalized spacial score (nSPS) is 14.8. The Kier molecular flexibility index (Phi) is 6.14. The van der Waals surface area contributed by atoms with E-state index in [0.29, 0.717) is 13.0 Å². The average Bonchev–Trinajstić information content (AvgIpc) is 3.36. The Morgan fingerprint density at radius 3 is 2.48 bits per heavy atom. The van der Waals surface area contributed by atoms with Crippen molar-refractivity contribution in [3.63, 3.8) is 0 Å². The molecule has 1 aliphatic rings. The van der Waals surface area contributed by atoms with Crippen LogP contribution >= 0.6 is 0 Å². The maximum atomic E-state index is 11.9. The molecule has 2 rings (SSSR count). The molecule has 1 atom stereocenters. The van der Waals surface area contributed by atoms with Crippen molar-refractivity contribution in [3.8, 4) is 0 Å². The van der Waals surface area contributed by atoms with E-state index < -0.39 is 12.0 Å². The number of carboxylic acids is 1. The van der Waals surface area contributed by atoms with Crippen LogP contribution in [0.2, 0.25) is 0 Å². The predicted molar refractivity (Wildman–Crippen MR) is 84.7 cm³/mol. The second kappa shape index (κ2) is 8.31. The number of benzene rings is 1. The van der Waals surface area contributed by atoms with E-state index in [2.05, 4.69) is 10.6 Å². The molecule has 23 heavy (non-hydrogen) atoms. The summed E-state index contributed by atoms with van der Waals surface area (Å²) in [4.78, 5) is 34.6. The van der Waals surface area contributed by atoms with Crippen molar-refractivity contribution in [2.75, 3.05) is 6.54 Å². The van der Waals surface area contributed by atoms with E-state index in [1.165, 1.54) is 0 Å². The molecule has 0 radical (unpaired) electrons. The lowest BCUT2D eigenvalue weighted by Gasteiger charge is -2.14. The van der Waals surface area contributed by atoms with Crippen LogP contribution in [-0.2, 0) is 20.8 Å². The van der Waals surface area contributed by atoms with E-state index in [0.717, 1.165) is 18.4 Å². The molecule has 0 bridgehead atoms. The van der Waals surface area contributed by atoms with E-state index in [9.17, 15) is 19.5 Å². The largest absolute Gasteiger partial charge is 0.480 e. The minimum absolute atomic E-state index is 0.0536. The average molecular weight is 318 g/mol. The summed E-state index contributed by atoms with van der Waals surface area (Å²) in [5.41, 5.74) is 0.858. The minimum atomic E-state index is -1.05. The number of carbonyl (C=O) groups is 3. The van der Waals surface area contributed by atoms with Crippen LogP contribution in [0.25, 0.3) is 0 Å². The van der Waals surface area contributed by atoms with Gasteiger partial charge < -0.3 is 15.7 Å². The van der Waals surface area contributed by atoms with Crippen LogP contribution in [-0.4, -0.2) is 35.5 Å². The highest BCUT2D eigenvalue weighted by Gasteiger charge is 2.29. The van der Waals surface area contributed by atoms with Crippen LogP contribution in [0.5, 0.6) is 0 Å². The molecule has 0 unspecified atom stereocenters. The first-order valence-corrected chi connectivity index (χ1v) is 7.90. The Balaban J connectivity index is 1.70. The number of amides is 2. The Morgan fingerprint density at radius 1 is 1.17 bits per heavy atom. The van der Waals surface area contributed by atoms with Gasteiger partial charge in [-0.2, -0.15) is 0 Å². The van der Waals surface area contributed by atoms with Gasteiger partial charge in [0.15, 0.2) is 0 Å². The first-order chi connectivity index (χ1) is 11.1. The number of nitrogens with one attached hydrogen (secondary N) is 2. The molecular formula is C17H22N2O4. The minimum Gasteiger partial charge on any atom is -0.480 e. The van der Waals surface area contributed by atoms with Crippen LogP contribution < -0.4 is 10.6 Å². The zero-order chi connectivity index (χ0) is 16.7. The lowest BCUT2D eigenvalue weighted by Crippen LogP contribution is -2.42. The fourth-order valence-corrected chi connectivity index (χ4v) is 2.27. The van der Waals surface area contributed by atoms with Crippen LogP contribution in [0.15, 0.2) is 30.3 Å². The first kappa shape index (κ1) is 17.0. The molecule has 1 fully saturated rings. The molecule has 6 heteroatoms. The quantitative estimate of drug-likeness (QED) is 0.594. The van der Waals surface area contributed by atoms with Crippen molar-refractivity contribution in [2.24, 2.45) is 5.92 Å². The lowest BCUT2D eigenvalue weighted by molar-refractivity contribution is -0.141. The van der Waals surface area contributed by atoms with Gasteiger partial charge in [-0.3, -0.25) is 9.59 Å². The molecule has 2 amide bonds. The van der Waals surface area contributed by atoms with Crippen LogP contribution in [0.1, 0.15) is 31.2 Å². The van der Waals surface area contributed by atoms with Gasteiger partial charge in [0.1, 0.15) is 6.04 Å². The summed E-state index contributed by atoms with van der Waals surface area (Å²) in [6.45, 7) is 0.444. The molecule has 1 aromatic carbocycles. The topological polar surface area (TPSA) is 95.5 Å². The number of hydrogen-bond donors (Lipinski definition) is 3. The van der Waals surface area contributed by atoms with Gasteiger partial charge in [0.05, 0.1) is 0 Å². The molecule has 0 aliphatic heterocycles. The van der Waals surface area contributed by atoms with E-state index in [1.807, 2.05) is 30.3 Å². The summed E-state index contributed by atoms with van der Waals surface area (Å²) in [6.07, 6.45) is 2.85. The maximum absolute atomic E-state index is 11.9. The second-order valence-corrected chi connectivity index (χ2v) is 5.82. The standard InChI is InChI=1S/C17H22N2O4/c20-15(7-4-10-18-16(21)13-8-9-13)19-14(17(22)23)11-12-5-2-1-3-6-12/h1-3,5-6,13-14H,4,7-11H2,(H,18,21)(H,19,20)(H,22,23)/t14-/m0/s1. The van der Waals surface area contributed by atoms with E-state index in [4.69, 9.17) is 0 Å². The first-order valence-electron chi connectivity index (χ1n) is 7.90. The Hall–Kier alpha value is -2.37. The fourth-order valence-electron chi connectivity index (χ4n) is 2.27. The van der Waals surface area contributed by atoms with Gasteiger partial charge in [-0.15, -0.1) is 0 Å². The smallest absolute Gasteiger partial charge is 0.326 e. The monoisotopic (exact) mass is 318 g/mol. The second-order valence-electron chi connectivity index (χ2n) is 5.82. The fraction of sp³-hybridized carbons (Fsp3) is 0.471. The number of hydrogen-bond acceptors (Lipinski definition) is 3. The summed E-state index contributed by atoms with van der Waals surface area (Å²) in [5.74, 6) is -1.15. The van der Waals surface area contributed by atoms with Gasteiger partial charge in [0, 0.05) is 25.3 Å². The van der Waals surface area contributed by atoms with Gasteiger partial charge in [-0.1, -0.05) is 30.3 Å². The molecule has 0 spiro atoms. The third-order valence-electron chi connectivity index (χ3n) is 3.74. The van der Waals surface area contributed by atoms with Gasteiger partial charge in [0.2, 0.25) is 11.8 Å². The highest BCUT2D eigenvalue weighted by Crippen LogP contribution is 2.28. The molecule has 6 nitrogen and oxygen atoms in total. The summed E-state index contributed by atoms with van der Waals surface area (Å²) in [7, 11) is 0. The highest BCUT2D eigenvalue weighted by molar-refractivity contribution is 5.84. The zero-order valence-electron chi connectivity index (χ0n) is 13.0. The predicted octanol–water partition coefficient (Wildman–Crippen LogP) is 1.10.